The molecule has 3 nitrogen and oxygen atoms in total. The molecule has 1 rings (SSSR count). The first-order valence-electron chi connectivity index (χ1n) is 6.88. The summed E-state index contributed by atoms with van der Waals surface area (Å²) >= 11 is 1.95. The van der Waals surface area contributed by atoms with Crippen molar-refractivity contribution in [1.29, 1.82) is 0 Å². The number of piperazine rings is 1. The molecule has 0 aromatic rings. The van der Waals surface area contributed by atoms with Crippen molar-refractivity contribution in [3.05, 3.63) is 0 Å². The summed E-state index contributed by atoms with van der Waals surface area (Å²) < 4.78 is 0. The van der Waals surface area contributed by atoms with Crippen molar-refractivity contribution in [2.24, 2.45) is 0 Å². The molecule has 18 heavy (non-hydrogen) atoms. The molecule has 0 amide bonds. The molecular formula is C13H27KN2OS. The van der Waals surface area contributed by atoms with Crippen molar-refractivity contribution in [2.45, 2.75) is 25.7 Å². The molecule has 0 atom stereocenters. The van der Waals surface area contributed by atoms with Gasteiger partial charge < -0.3 is 14.9 Å². The van der Waals surface area contributed by atoms with Crippen molar-refractivity contribution in [3.63, 3.8) is 0 Å². The van der Waals surface area contributed by atoms with Crippen molar-refractivity contribution in [1.82, 2.24) is 9.80 Å². The second-order valence-electron chi connectivity index (χ2n) is 4.79. The molecular weight excluding hydrogens is 271 g/mol. The average Bonchev–Trinajstić information content (AvgIpc) is 2.37. The Balaban J connectivity index is 0.00000289. The second-order valence-corrected chi connectivity index (χ2v) is 5.78. The molecule has 0 aromatic heterocycles. The van der Waals surface area contributed by atoms with Gasteiger partial charge in [0.25, 0.3) is 0 Å². The Morgan fingerprint density at radius 1 is 0.889 bits per heavy atom. The van der Waals surface area contributed by atoms with Gasteiger partial charge in [-0.3, -0.25) is 0 Å². The Labute approximate surface area is 159 Å². The van der Waals surface area contributed by atoms with E-state index in [0.29, 0.717) is 0 Å². The minimum atomic E-state index is 0. The summed E-state index contributed by atoms with van der Waals surface area (Å²) in [5.41, 5.74) is 0. The van der Waals surface area contributed by atoms with E-state index >= 15 is 0 Å². The van der Waals surface area contributed by atoms with Crippen LogP contribution in [0.2, 0.25) is 0 Å². The van der Waals surface area contributed by atoms with E-state index in [2.05, 4.69) is 16.1 Å². The molecule has 1 aliphatic rings. The number of rotatable bonds is 9. The molecule has 1 saturated heterocycles. The van der Waals surface area contributed by atoms with Crippen LogP contribution in [0.1, 0.15) is 25.7 Å². The van der Waals surface area contributed by atoms with Crippen molar-refractivity contribution in [2.75, 3.05) is 57.9 Å². The Bertz CT molecular complexity index is 178. The summed E-state index contributed by atoms with van der Waals surface area (Å²) in [5.74, 6) is 1.30. The summed E-state index contributed by atoms with van der Waals surface area (Å²) in [6, 6.07) is 0. The molecule has 0 unspecified atom stereocenters. The smallest absolute Gasteiger partial charge is 0.854 e. The molecule has 0 saturated carbocycles. The van der Waals surface area contributed by atoms with Gasteiger partial charge in [-0.1, -0.05) is 6.42 Å². The number of unbranched alkanes of at least 4 members (excludes halogenated alkanes) is 2. The van der Waals surface area contributed by atoms with E-state index in [1.54, 1.807) is 0 Å². The summed E-state index contributed by atoms with van der Waals surface area (Å²) in [6.07, 6.45) is 6.80. The van der Waals surface area contributed by atoms with E-state index < -0.39 is 0 Å². The molecule has 0 aromatic carbocycles. The quantitative estimate of drug-likeness (QED) is 0.360. The van der Waals surface area contributed by atoms with Crippen LogP contribution in [0, 0.1) is 0 Å². The van der Waals surface area contributed by atoms with Gasteiger partial charge in [0.1, 0.15) is 0 Å². The third kappa shape index (κ3) is 9.72. The fraction of sp³-hybridized carbons (Fsp3) is 1.00. The largest absolute Gasteiger partial charge is 1.00 e. The van der Waals surface area contributed by atoms with Gasteiger partial charge in [0, 0.05) is 26.2 Å². The van der Waals surface area contributed by atoms with E-state index in [1.807, 2.05) is 11.8 Å². The maximum atomic E-state index is 10.4. The van der Waals surface area contributed by atoms with Gasteiger partial charge in [-0.05, 0) is 44.4 Å². The molecule has 0 aliphatic carbocycles. The Hall–Kier alpha value is 1.87. The van der Waals surface area contributed by atoms with Crippen LogP contribution < -0.4 is 56.5 Å². The normalized spacial score (nSPS) is 17.7. The number of hydrogen-bond acceptors (Lipinski definition) is 4. The van der Waals surface area contributed by atoms with Gasteiger partial charge in [0.15, 0.2) is 0 Å². The maximum Gasteiger partial charge on any atom is 1.00 e. The standard InChI is InChI=1S/C13H27N2OS.K/c1-17-13-5-3-7-15-10-8-14(9-11-15)6-2-4-12-16;/h2-13H2,1H3;/q-1;+1. The minimum absolute atomic E-state index is 0. The van der Waals surface area contributed by atoms with Crippen LogP contribution >= 0.6 is 11.8 Å². The molecule has 0 bridgehead atoms. The third-order valence-corrected chi connectivity index (χ3v) is 4.10. The van der Waals surface area contributed by atoms with Gasteiger partial charge in [-0.15, -0.1) is 6.61 Å². The predicted octanol–water partition coefficient (Wildman–Crippen LogP) is -2.11. The minimum Gasteiger partial charge on any atom is -0.854 e. The van der Waals surface area contributed by atoms with E-state index in [9.17, 15) is 5.11 Å². The van der Waals surface area contributed by atoms with Crippen LogP contribution in [0.4, 0.5) is 0 Å². The summed E-state index contributed by atoms with van der Waals surface area (Å²) in [7, 11) is 0. The second kappa shape index (κ2) is 13.8. The van der Waals surface area contributed by atoms with E-state index in [0.717, 1.165) is 19.4 Å². The van der Waals surface area contributed by atoms with Crippen molar-refractivity contribution >= 4 is 11.8 Å². The van der Waals surface area contributed by atoms with Crippen LogP contribution in [-0.2, 0) is 0 Å². The van der Waals surface area contributed by atoms with Gasteiger partial charge in [0.05, 0.1) is 0 Å². The molecule has 0 N–H and O–H groups in total. The summed E-state index contributed by atoms with van der Waals surface area (Å²) in [5, 5.41) is 10.4. The first-order chi connectivity index (χ1) is 8.36. The van der Waals surface area contributed by atoms with Gasteiger partial charge in [-0.25, -0.2) is 0 Å². The number of thioether (sulfide) groups is 1. The van der Waals surface area contributed by atoms with Crippen LogP contribution in [-0.4, -0.2) is 67.7 Å². The van der Waals surface area contributed by atoms with E-state index in [4.69, 9.17) is 0 Å². The third-order valence-electron chi connectivity index (χ3n) is 3.41. The predicted molar refractivity (Wildman–Crippen MR) is 74.6 cm³/mol. The molecule has 1 fully saturated rings. The molecule has 1 aliphatic heterocycles. The first kappa shape index (κ1) is 19.9. The van der Waals surface area contributed by atoms with Gasteiger partial charge >= 0.3 is 51.4 Å². The van der Waals surface area contributed by atoms with Gasteiger partial charge in [0.2, 0.25) is 0 Å². The van der Waals surface area contributed by atoms with Gasteiger partial charge in [-0.2, -0.15) is 11.8 Å². The molecule has 5 heteroatoms. The summed E-state index contributed by atoms with van der Waals surface area (Å²) in [4.78, 5) is 5.10. The zero-order chi connectivity index (χ0) is 12.3. The van der Waals surface area contributed by atoms with Crippen molar-refractivity contribution in [3.8, 4) is 0 Å². The average molecular weight is 299 g/mol. The molecule has 102 valence electrons. The zero-order valence-electron chi connectivity index (χ0n) is 12.2. The molecule has 0 radical (unpaired) electrons. The topological polar surface area (TPSA) is 29.5 Å². The Morgan fingerprint density at radius 2 is 1.39 bits per heavy atom. The van der Waals surface area contributed by atoms with E-state index in [-0.39, 0.29) is 58.0 Å². The van der Waals surface area contributed by atoms with Crippen LogP contribution in [0.15, 0.2) is 0 Å². The zero-order valence-corrected chi connectivity index (χ0v) is 16.1. The van der Waals surface area contributed by atoms with E-state index in [1.165, 1.54) is 51.3 Å². The maximum absolute atomic E-state index is 10.4. The fourth-order valence-corrected chi connectivity index (χ4v) is 2.75. The molecule has 1 heterocycles. The fourth-order valence-electron chi connectivity index (χ4n) is 2.26. The Morgan fingerprint density at radius 3 is 1.83 bits per heavy atom. The number of nitrogens with zero attached hydrogens (tertiary/aromatic N) is 2. The summed E-state index contributed by atoms with van der Waals surface area (Å²) in [6.45, 7) is 7.32. The molecule has 0 spiro atoms. The van der Waals surface area contributed by atoms with Crippen LogP contribution in [0.25, 0.3) is 0 Å². The number of hydrogen-bond donors (Lipinski definition) is 0. The SMILES string of the molecule is CSCCCCN1CCN(CCCC[O-])CC1.[K+]. The van der Waals surface area contributed by atoms with Crippen molar-refractivity contribution < 1.29 is 56.5 Å². The Kier molecular flexibility index (Phi) is 15.3. The van der Waals surface area contributed by atoms with Crippen LogP contribution in [0.5, 0.6) is 0 Å². The monoisotopic (exact) mass is 298 g/mol. The van der Waals surface area contributed by atoms with Crippen LogP contribution in [0.3, 0.4) is 0 Å². The first-order valence-corrected chi connectivity index (χ1v) is 8.28.